The predicted octanol–water partition coefficient (Wildman–Crippen LogP) is 7.19. The molecule has 3 aromatic rings. The van der Waals surface area contributed by atoms with E-state index in [1.807, 2.05) is 12.1 Å². The lowest BCUT2D eigenvalue weighted by atomic mass is 9.62. The van der Waals surface area contributed by atoms with E-state index < -0.39 is 5.97 Å². The van der Waals surface area contributed by atoms with E-state index in [9.17, 15) is 4.79 Å². The van der Waals surface area contributed by atoms with Gasteiger partial charge >= 0.3 is 5.97 Å². The van der Waals surface area contributed by atoms with Gasteiger partial charge in [-0.05, 0) is 94.8 Å². The van der Waals surface area contributed by atoms with Gasteiger partial charge in [-0.25, -0.2) is 4.79 Å². The van der Waals surface area contributed by atoms with Crippen molar-refractivity contribution in [3.8, 4) is 5.75 Å². The first kappa shape index (κ1) is 25.1. The number of anilines is 1. The first-order valence-corrected chi connectivity index (χ1v) is 11.6. The molecular formula is C30H35NO3. The van der Waals surface area contributed by atoms with Crippen molar-refractivity contribution in [3.05, 3.63) is 94.0 Å². The molecule has 4 heteroatoms. The summed E-state index contributed by atoms with van der Waals surface area (Å²) in [5.74, 6) is -0.643. The number of aromatic carboxylic acids is 1. The zero-order valence-corrected chi connectivity index (χ0v) is 20.7. The minimum atomic E-state index is -0.893. The fraction of sp³-hybridized carbons (Fsp3) is 0.300. The van der Waals surface area contributed by atoms with Crippen LogP contribution in [0.25, 0.3) is 12.2 Å². The van der Waals surface area contributed by atoms with Crippen LogP contribution in [0.15, 0.2) is 60.7 Å². The number of benzene rings is 3. The number of phenols is 1. The van der Waals surface area contributed by atoms with Crippen molar-refractivity contribution in [1.29, 1.82) is 0 Å². The molecule has 0 amide bonds. The minimum absolute atomic E-state index is 0.199. The molecule has 0 atom stereocenters. The third kappa shape index (κ3) is 5.88. The standard InChI is InChI=1S/C24H28O2.C6H7NO/c1-16-14-20-21(24(4,5)13-12-23(20,2)3)15-19(16)11-8-17-6-9-18(10-7-17)22(25)26;7-5-1-3-6(8)4-2-5/h6-11,14-15H,12-13H2,1-5H3,(H,25,26);1-4,8H,7H2. The number of nitrogen functional groups attached to an aromatic ring is 1. The van der Waals surface area contributed by atoms with Crippen LogP contribution in [0, 0.1) is 6.92 Å². The zero-order chi connectivity index (χ0) is 25.1. The molecule has 0 spiro atoms. The van der Waals surface area contributed by atoms with E-state index in [1.54, 1.807) is 36.4 Å². The quantitative estimate of drug-likeness (QED) is 0.221. The van der Waals surface area contributed by atoms with Crippen molar-refractivity contribution in [1.82, 2.24) is 0 Å². The van der Waals surface area contributed by atoms with Gasteiger partial charge in [0.2, 0.25) is 0 Å². The summed E-state index contributed by atoms with van der Waals surface area (Å²) in [7, 11) is 0. The maximum atomic E-state index is 11.0. The molecular weight excluding hydrogens is 422 g/mol. The van der Waals surface area contributed by atoms with E-state index in [1.165, 1.54) is 35.1 Å². The second-order valence-electron chi connectivity index (χ2n) is 10.4. The highest BCUT2D eigenvalue weighted by Gasteiger charge is 2.37. The topological polar surface area (TPSA) is 83.5 Å². The summed E-state index contributed by atoms with van der Waals surface area (Å²) in [4.78, 5) is 11.0. The lowest BCUT2D eigenvalue weighted by molar-refractivity contribution is 0.0697. The summed E-state index contributed by atoms with van der Waals surface area (Å²) in [6.07, 6.45) is 6.62. The van der Waals surface area contributed by atoms with E-state index in [4.69, 9.17) is 15.9 Å². The molecule has 1 aliphatic carbocycles. The Morgan fingerprint density at radius 2 is 1.38 bits per heavy atom. The SMILES string of the molecule is Cc1cc2c(cc1C=Cc1ccc(C(=O)O)cc1)C(C)(C)CCC2(C)C.Nc1ccc(O)cc1. The Balaban J connectivity index is 0.000000343. The summed E-state index contributed by atoms with van der Waals surface area (Å²) in [5, 5.41) is 17.7. The van der Waals surface area contributed by atoms with E-state index in [-0.39, 0.29) is 16.6 Å². The van der Waals surface area contributed by atoms with Crippen LogP contribution >= 0.6 is 0 Å². The van der Waals surface area contributed by atoms with E-state index in [2.05, 4.69) is 58.9 Å². The molecule has 0 unspecified atom stereocenters. The van der Waals surface area contributed by atoms with Crippen LogP contribution in [0.5, 0.6) is 5.75 Å². The van der Waals surface area contributed by atoms with Crippen molar-refractivity contribution >= 4 is 23.8 Å². The van der Waals surface area contributed by atoms with Gasteiger partial charge in [-0.15, -0.1) is 0 Å². The fourth-order valence-electron chi connectivity index (χ4n) is 4.32. The van der Waals surface area contributed by atoms with Crippen LogP contribution in [0.1, 0.15) is 78.7 Å². The van der Waals surface area contributed by atoms with Crippen LogP contribution in [-0.4, -0.2) is 16.2 Å². The summed E-state index contributed by atoms with van der Waals surface area (Å²) < 4.78 is 0. The third-order valence-corrected chi connectivity index (χ3v) is 6.75. The number of hydrogen-bond donors (Lipinski definition) is 3. The number of fused-ring (bicyclic) bond motifs is 1. The molecule has 0 saturated carbocycles. The Bertz CT molecular complexity index is 1170. The second kappa shape index (κ2) is 9.76. The molecule has 178 valence electrons. The summed E-state index contributed by atoms with van der Waals surface area (Å²) in [6.45, 7) is 11.5. The van der Waals surface area contributed by atoms with Crippen LogP contribution < -0.4 is 5.73 Å². The number of aromatic hydroxyl groups is 1. The number of aryl methyl sites for hydroxylation is 1. The maximum absolute atomic E-state index is 11.0. The molecule has 3 aromatic carbocycles. The summed E-state index contributed by atoms with van der Waals surface area (Å²) in [6, 6.07) is 18.1. The second-order valence-corrected chi connectivity index (χ2v) is 10.4. The monoisotopic (exact) mass is 457 g/mol. The molecule has 0 fully saturated rings. The van der Waals surface area contributed by atoms with Crippen LogP contribution in [0.2, 0.25) is 0 Å². The summed E-state index contributed by atoms with van der Waals surface area (Å²) in [5.41, 5.74) is 13.2. The highest BCUT2D eigenvalue weighted by molar-refractivity contribution is 5.88. The number of carboxylic acids is 1. The average molecular weight is 458 g/mol. The van der Waals surface area contributed by atoms with Gasteiger partial charge < -0.3 is 15.9 Å². The van der Waals surface area contributed by atoms with Gasteiger partial charge in [0.15, 0.2) is 0 Å². The van der Waals surface area contributed by atoms with Gasteiger partial charge in [0.1, 0.15) is 5.75 Å². The van der Waals surface area contributed by atoms with Crippen LogP contribution in [0.4, 0.5) is 5.69 Å². The lowest BCUT2D eigenvalue weighted by Crippen LogP contribution is -2.34. The molecule has 4 N–H and O–H groups in total. The van der Waals surface area contributed by atoms with Crippen molar-refractivity contribution < 1.29 is 15.0 Å². The fourth-order valence-corrected chi connectivity index (χ4v) is 4.32. The van der Waals surface area contributed by atoms with Gasteiger partial charge in [0, 0.05) is 5.69 Å². The smallest absolute Gasteiger partial charge is 0.335 e. The van der Waals surface area contributed by atoms with E-state index in [0.717, 1.165) is 5.56 Å². The Morgan fingerprint density at radius 3 is 1.88 bits per heavy atom. The number of carboxylic acid groups (broad SMARTS) is 1. The minimum Gasteiger partial charge on any atom is -0.508 e. The molecule has 0 aliphatic heterocycles. The van der Waals surface area contributed by atoms with Crippen molar-refractivity contribution in [2.75, 3.05) is 5.73 Å². The normalized spacial score (nSPS) is 15.8. The summed E-state index contributed by atoms with van der Waals surface area (Å²) >= 11 is 0. The number of nitrogens with two attached hydrogens (primary N) is 1. The zero-order valence-electron chi connectivity index (χ0n) is 20.7. The van der Waals surface area contributed by atoms with Crippen LogP contribution in [-0.2, 0) is 10.8 Å². The molecule has 0 bridgehead atoms. The number of carbonyl (C=O) groups is 1. The Labute approximate surface area is 202 Å². The van der Waals surface area contributed by atoms with E-state index >= 15 is 0 Å². The molecule has 0 radical (unpaired) electrons. The largest absolute Gasteiger partial charge is 0.508 e. The Morgan fingerprint density at radius 1 is 0.853 bits per heavy atom. The van der Waals surface area contributed by atoms with Crippen molar-refractivity contribution in [3.63, 3.8) is 0 Å². The average Bonchev–Trinajstić information content (AvgIpc) is 2.78. The van der Waals surface area contributed by atoms with Crippen molar-refractivity contribution in [2.24, 2.45) is 0 Å². The van der Waals surface area contributed by atoms with Crippen molar-refractivity contribution in [2.45, 2.75) is 58.3 Å². The van der Waals surface area contributed by atoms with Gasteiger partial charge in [-0.1, -0.05) is 64.1 Å². The molecule has 34 heavy (non-hydrogen) atoms. The third-order valence-electron chi connectivity index (χ3n) is 6.75. The Kier molecular flexibility index (Phi) is 7.21. The van der Waals surface area contributed by atoms with E-state index in [0.29, 0.717) is 11.3 Å². The Hall–Kier alpha value is -3.53. The highest BCUT2D eigenvalue weighted by Crippen LogP contribution is 2.46. The van der Waals surface area contributed by atoms with Crippen LogP contribution in [0.3, 0.4) is 0 Å². The van der Waals surface area contributed by atoms with Gasteiger partial charge in [-0.2, -0.15) is 0 Å². The first-order valence-electron chi connectivity index (χ1n) is 11.6. The molecule has 4 nitrogen and oxygen atoms in total. The molecule has 0 heterocycles. The number of hydrogen-bond acceptors (Lipinski definition) is 3. The molecule has 0 aromatic heterocycles. The number of rotatable bonds is 3. The van der Waals surface area contributed by atoms with Gasteiger partial charge in [-0.3, -0.25) is 0 Å². The first-order chi connectivity index (χ1) is 15.9. The van der Waals surface area contributed by atoms with Gasteiger partial charge in [0.25, 0.3) is 0 Å². The molecule has 0 saturated heterocycles. The predicted molar refractivity (Wildman–Crippen MR) is 141 cm³/mol. The molecule has 1 aliphatic rings. The highest BCUT2D eigenvalue weighted by atomic mass is 16.4. The number of phenolic OH excluding ortho intramolecular Hbond substituents is 1. The maximum Gasteiger partial charge on any atom is 0.335 e. The molecule has 4 rings (SSSR count). The van der Waals surface area contributed by atoms with Gasteiger partial charge in [0.05, 0.1) is 5.56 Å². The lowest BCUT2D eigenvalue weighted by Gasteiger charge is -2.42.